The number of ether oxygens (including phenoxy) is 1. The molecule has 6 nitrogen and oxygen atoms in total. The molecule has 2 unspecified atom stereocenters. The molecule has 1 aliphatic rings. The molecule has 0 radical (unpaired) electrons. The lowest BCUT2D eigenvalue weighted by Gasteiger charge is -2.38. The van der Waals surface area contributed by atoms with Crippen LogP contribution >= 0.6 is 0 Å². The van der Waals surface area contributed by atoms with Crippen molar-refractivity contribution in [3.05, 3.63) is 65.7 Å². The van der Waals surface area contributed by atoms with Gasteiger partial charge in [0.25, 0.3) is 5.91 Å². The van der Waals surface area contributed by atoms with Crippen molar-refractivity contribution in [3.8, 4) is 0 Å². The molecule has 2 atom stereocenters. The van der Waals surface area contributed by atoms with E-state index in [-0.39, 0.29) is 24.6 Å². The molecular formula is C18H18FN3O3. The summed E-state index contributed by atoms with van der Waals surface area (Å²) in [6, 6.07) is 10.6. The fourth-order valence-corrected chi connectivity index (χ4v) is 2.80. The van der Waals surface area contributed by atoms with Gasteiger partial charge in [0, 0.05) is 18.8 Å². The van der Waals surface area contributed by atoms with Gasteiger partial charge in [-0.1, -0.05) is 24.3 Å². The van der Waals surface area contributed by atoms with E-state index >= 15 is 0 Å². The van der Waals surface area contributed by atoms with Crippen molar-refractivity contribution in [1.29, 1.82) is 0 Å². The number of nitrogens with zero attached hydrogens (tertiary/aromatic N) is 2. The summed E-state index contributed by atoms with van der Waals surface area (Å²) in [5.74, 6) is -1.21. The van der Waals surface area contributed by atoms with E-state index in [1.54, 1.807) is 43.6 Å². The van der Waals surface area contributed by atoms with E-state index in [1.807, 2.05) is 6.07 Å². The zero-order valence-corrected chi connectivity index (χ0v) is 13.7. The molecule has 0 aliphatic carbocycles. The summed E-state index contributed by atoms with van der Waals surface area (Å²) in [4.78, 5) is 30.1. The molecule has 1 fully saturated rings. The van der Waals surface area contributed by atoms with Gasteiger partial charge in [-0.2, -0.15) is 0 Å². The van der Waals surface area contributed by atoms with Crippen LogP contribution in [0.1, 0.15) is 17.3 Å². The maximum Gasteiger partial charge on any atom is 0.252 e. The maximum atomic E-state index is 14.2. The minimum atomic E-state index is -0.997. The van der Waals surface area contributed by atoms with Crippen LogP contribution in [0.15, 0.2) is 48.7 Å². The fraction of sp³-hybridized carbons (Fsp3) is 0.278. The minimum absolute atomic E-state index is 0.219. The second-order valence-electron chi connectivity index (χ2n) is 5.74. The smallest absolute Gasteiger partial charge is 0.252 e. The van der Waals surface area contributed by atoms with Gasteiger partial charge < -0.3 is 15.0 Å². The van der Waals surface area contributed by atoms with Crippen molar-refractivity contribution >= 4 is 11.8 Å². The molecule has 1 aliphatic heterocycles. The minimum Gasteiger partial charge on any atom is -0.356 e. The molecule has 130 valence electrons. The van der Waals surface area contributed by atoms with Crippen molar-refractivity contribution in [2.45, 2.75) is 18.7 Å². The second-order valence-corrected chi connectivity index (χ2v) is 5.74. The number of aromatic nitrogens is 1. The number of halogens is 1. The number of nitrogens with one attached hydrogen (secondary N) is 1. The molecule has 1 aromatic heterocycles. The Bertz CT molecular complexity index is 769. The third-order valence-corrected chi connectivity index (χ3v) is 4.14. The molecule has 1 N–H and O–H groups in total. The molecule has 7 heteroatoms. The third kappa shape index (κ3) is 3.66. The van der Waals surface area contributed by atoms with Crippen LogP contribution in [0.25, 0.3) is 0 Å². The van der Waals surface area contributed by atoms with Gasteiger partial charge in [0.15, 0.2) is 6.10 Å². The number of hydrogen-bond acceptors (Lipinski definition) is 4. The van der Waals surface area contributed by atoms with Gasteiger partial charge in [0.2, 0.25) is 5.91 Å². The zero-order valence-electron chi connectivity index (χ0n) is 13.7. The van der Waals surface area contributed by atoms with Crippen LogP contribution in [-0.2, 0) is 20.9 Å². The number of likely N-dealkylation sites (N-methyl/N-ethyl adjacent to an activating group) is 1. The Hall–Kier alpha value is -2.80. The van der Waals surface area contributed by atoms with Crippen LogP contribution < -0.4 is 5.32 Å². The normalized spacial score (nSPS) is 20.4. The van der Waals surface area contributed by atoms with Crippen molar-refractivity contribution < 1.29 is 18.7 Å². The van der Waals surface area contributed by atoms with E-state index in [0.29, 0.717) is 5.69 Å². The molecule has 0 spiro atoms. The lowest BCUT2D eigenvalue weighted by molar-refractivity contribution is -0.162. The molecule has 2 heterocycles. The lowest BCUT2D eigenvalue weighted by Crippen LogP contribution is -2.53. The molecule has 25 heavy (non-hydrogen) atoms. The first-order chi connectivity index (χ1) is 12.1. The first-order valence-electron chi connectivity index (χ1n) is 7.87. The van der Waals surface area contributed by atoms with E-state index in [9.17, 15) is 14.0 Å². The summed E-state index contributed by atoms with van der Waals surface area (Å²) >= 11 is 0. The summed E-state index contributed by atoms with van der Waals surface area (Å²) in [5.41, 5.74) is 0.939. The van der Waals surface area contributed by atoms with Gasteiger partial charge in [-0.05, 0) is 18.2 Å². The molecule has 2 aromatic rings. The first kappa shape index (κ1) is 17.0. The van der Waals surface area contributed by atoms with Crippen molar-refractivity contribution in [1.82, 2.24) is 15.2 Å². The van der Waals surface area contributed by atoms with Crippen LogP contribution in [0, 0.1) is 5.82 Å². The maximum absolute atomic E-state index is 14.2. The molecule has 1 aromatic carbocycles. The van der Waals surface area contributed by atoms with Crippen molar-refractivity contribution in [2.24, 2.45) is 0 Å². The quantitative estimate of drug-likeness (QED) is 0.912. The van der Waals surface area contributed by atoms with Gasteiger partial charge in [-0.25, -0.2) is 4.39 Å². The number of carbonyl (C=O) groups excluding carboxylic acids is 2. The van der Waals surface area contributed by atoms with Gasteiger partial charge >= 0.3 is 0 Å². The molecule has 2 amide bonds. The van der Waals surface area contributed by atoms with E-state index in [1.165, 1.54) is 11.0 Å². The first-order valence-corrected chi connectivity index (χ1v) is 7.87. The lowest BCUT2D eigenvalue weighted by atomic mass is 9.97. The van der Waals surface area contributed by atoms with Crippen LogP contribution in [0.5, 0.6) is 0 Å². The van der Waals surface area contributed by atoms with E-state index in [0.717, 1.165) is 0 Å². The molecule has 0 saturated carbocycles. The third-order valence-electron chi connectivity index (χ3n) is 4.14. The van der Waals surface area contributed by atoms with Gasteiger partial charge in [-0.3, -0.25) is 14.6 Å². The Kier molecular flexibility index (Phi) is 5.04. The van der Waals surface area contributed by atoms with Crippen LogP contribution in [0.2, 0.25) is 0 Å². The SMILES string of the molecule is CN1C(=O)COC(C(=O)NCc2ccccn2)C1c1ccccc1F. The van der Waals surface area contributed by atoms with Gasteiger partial charge in [0.05, 0.1) is 18.3 Å². The average molecular weight is 343 g/mol. The van der Waals surface area contributed by atoms with Crippen LogP contribution in [0.4, 0.5) is 4.39 Å². The van der Waals surface area contributed by atoms with E-state index in [4.69, 9.17) is 4.74 Å². The molecular weight excluding hydrogens is 325 g/mol. The predicted molar refractivity (Wildman–Crippen MR) is 87.7 cm³/mol. The Labute approximate surface area is 144 Å². The van der Waals surface area contributed by atoms with Gasteiger partial charge in [0.1, 0.15) is 12.4 Å². The zero-order chi connectivity index (χ0) is 17.8. The fourth-order valence-electron chi connectivity index (χ4n) is 2.80. The number of benzene rings is 1. The Morgan fingerprint density at radius 3 is 2.80 bits per heavy atom. The van der Waals surface area contributed by atoms with Gasteiger partial charge in [-0.15, -0.1) is 0 Å². The van der Waals surface area contributed by atoms with Crippen LogP contribution in [-0.4, -0.2) is 41.5 Å². The molecule has 1 saturated heterocycles. The Morgan fingerprint density at radius 1 is 1.32 bits per heavy atom. The summed E-state index contributed by atoms with van der Waals surface area (Å²) in [6.07, 6.45) is 0.635. The highest BCUT2D eigenvalue weighted by Gasteiger charge is 2.41. The molecule has 3 rings (SSSR count). The van der Waals surface area contributed by atoms with E-state index in [2.05, 4.69) is 10.3 Å². The van der Waals surface area contributed by atoms with Crippen molar-refractivity contribution in [2.75, 3.05) is 13.7 Å². The highest BCUT2D eigenvalue weighted by Crippen LogP contribution is 2.30. The topological polar surface area (TPSA) is 71.5 Å². The number of amides is 2. The number of rotatable bonds is 4. The summed E-state index contributed by atoms with van der Waals surface area (Å²) < 4.78 is 19.7. The average Bonchev–Trinajstić information content (AvgIpc) is 2.63. The monoisotopic (exact) mass is 343 g/mol. The number of pyridine rings is 1. The summed E-state index contributed by atoms with van der Waals surface area (Å²) in [7, 11) is 1.54. The van der Waals surface area contributed by atoms with Crippen molar-refractivity contribution in [3.63, 3.8) is 0 Å². The second kappa shape index (κ2) is 7.40. The Balaban J connectivity index is 1.81. The van der Waals surface area contributed by atoms with E-state index < -0.39 is 23.9 Å². The number of morpholine rings is 1. The highest BCUT2D eigenvalue weighted by atomic mass is 19.1. The summed E-state index contributed by atoms with van der Waals surface area (Å²) in [6.45, 7) is 0.00428. The Morgan fingerprint density at radius 2 is 2.08 bits per heavy atom. The number of carbonyl (C=O) groups is 2. The standard InChI is InChI=1S/C18H18FN3O3/c1-22-15(23)11-25-17(16(22)13-7-2-3-8-14(13)19)18(24)21-10-12-6-4-5-9-20-12/h2-9,16-17H,10-11H2,1H3,(H,21,24). The largest absolute Gasteiger partial charge is 0.356 e. The highest BCUT2D eigenvalue weighted by molar-refractivity contribution is 5.86. The summed E-state index contributed by atoms with van der Waals surface area (Å²) in [5, 5.41) is 2.74. The molecule has 0 bridgehead atoms. The number of hydrogen-bond donors (Lipinski definition) is 1. The van der Waals surface area contributed by atoms with Crippen LogP contribution in [0.3, 0.4) is 0 Å². The predicted octanol–water partition coefficient (Wildman–Crippen LogP) is 1.44.